The average molecular weight is 318 g/mol. The van der Waals surface area contributed by atoms with Gasteiger partial charge in [0.25, 0.3) is 6.43 Å². The molecule has 13 heavy (non-hydrogen) atoms. The maximum absolute atomic E-state index is 12.5. The molecule has 0 aliphatic rings. The molecule has 0 atom stereocenters. The van der Waals surface area contributed by atoms with Crippen LogP contribution in [0.4, 0.5) is 8.78 Å². The summed E-state index contributed by atoms with van der Waals surface area (Å²) in [6.07, 6.45) is -2.50. The molecular formula is C8H7ClF2IN. The number of halogens is 4. The van der Waals surface area contributed by atoms with E-state index in [0.29, 0.717) is 15.0 Å². The zero-order chi connectivity index (χ0) is 10.0. The van der Waals surface area contributed by atoms with Crippen LogP contribution in [0.15, 0.2) is 6.07 Å². The summed E-state index contributed by atoms with van der Waals surface area (Å²) in [7, 11) is 0. The number of aryl methyl sites for hydroxylation is 1. The number of hydrogen-bond acceptors (Lipinski definition) is 1. The molecule has 0 fully saturated rings. The third-order valence-electron chi connectivity index (χ3n) is 1.67. The molecule has 0 radical (unpaired) electrons. The van der Waals surface area contributed by atoms with Crippen LogP contribution >= 0.6 is 34.2 Å². The van der Waals surface area contributed by atoms with Crippen molar-refractivity contribution < 1.29 is 8.78 Å². The van der Waals surface area contributed by atoms with Crippen molar-refractivity contribution in [2.24, 2.45) is 0 Å². The molecule has 1 heterocycles. The van der Waals surface area contributed by atoms with Crippen molar-refractivity contribution >= 4 is 34.2 Å². The van der Waals surface area contributed by atoms with Crippen molar-refractivity contribution in [3.63, 3.8) is 0 Å². The smallest absolute Gasteiger partial charge is 0.247 e. The lowest BCUT2D eigenvalue weighted by atomic mass is 10.1. The Labute approximate surface area is 93.6 Å². The predicted molar refractivity (Wildman–Crippen MR) is 56.2 cm³/mol. The third kappa shape index (κ3) is 2.49. The molecule has 0 aliphatic heterocycles. The van der Waals surface area contributed by atoms with Crippen LogP contribution in [0.25, 0.3) is 0 Å². The highest BCUT2D eigenvalue weighted by molar-refractivity contribution is 14.1. The molecule has 0 aliphatic carbocycles. The summed E-state index contributed by atoms with van der Waals surface area (Å²) in [5, 5.41) is 0. The topological polar surface area (TPSA) is 12.9 Å². The van der Waals surface area contributed by atoms with Gasteiger partial charge < -0.3 is 0 Å². The number of pyridine rings is 1. The Morgan fingerprint density at radius 2 is 2.23 bits per heavy atom. The molecule has 0 unspecified atom stereocenters. The Morgan fingerprint density at radius 1 is 1.62 bits per heavy atom. The summed E-state index contributed by atoms with van der Waals surface area (Å²) in [6, 6.07) is 1.59. The van der Waals surface area contributed by atoms with Gasteiger partial charge in [-0.1, -0.05) is 0 Å². The van der Waals surface area contributed by atoms with E-state index in [-0.39, 0.29) is 11.4 Å². The summed E-state index contributed by atoms with van der Waals surface area (Å²) >= 11 is 7.54. The van der Waals surface area contributed by atoms with E-state index in [4.69, 9.17) is 11.6 Å². The Morgan fingerprint density at radius 3 is 2.69 bits per heavy atom. The first kappa shape index (κ1) is 11.1. The number of rotatable bonds is 2. The summed E-state index contributed by atoms with van der Waals surface area (Å²) in [6.45, 7) is 1.57. The molecule has 0 aromatic carbocycles. The molecule has 1 aromatic heterocycles. The van der Waals surface area contributed by atoms with Gasteiger partial charge in [0.1, 0.15) is 3.70 Å². The lowest BCUT2D eigenvalue weighted by molar-refractivity contribution is 0.149. The monoisotopic (exact) mass is 317 g/mol. The molecule has 1 nitrogen and oxygen atoms in total. The SMILES string of the molecule is Cc1nc(I)cc(CCl)c1C(F)F. The molecule has 0 amide bonds. The molecule has 1 rings (SSSR count). The van der Waals surface area contributed by atoms with Crippen LogP contribution in [0.2, 0.25) is 0 Å². The molecule has 72 valence electrons. The second kappa shape index (κ2) is 4.50. The van der Waals surface area contributed by atoms with Crippen molar-refractivity contribution in [1.29, 1.82) is 0 Å². The van der Waals surface area contributed by atoms with E-state index in [2.05, 4.69) is 4.98 Å². The third-order valence-corrected chi connectivity index (χ3v) is 2.51. The number of alkyl halides is 3. The van der Waals surface area contributed by atoms with Gasteiger partial charge in [0, 0.05) is 17.1 Å². The molecule has 1 aromatic rings. The predicted octanol–water partition coefficient (Wildman–Crippen LogP) is 3.67. The fourth-order valence-corrected chi connectivity index (χ4v) is 2.07. The highest BCUT2D eigenvalue weighted by Crippen LogP contribution is 2.27. The number of nitrogens with zero attached hydrogens (tertiary/aromatic N) is 1. The zero-order valence-corrected chi connectivity index (χ0v) is 9.73. The van der Waals surface area contributed by atoms with Crippen molar-refractivity contribution in [3.05, 3.63) is 26.6 Å². The van der Waals surface area contributed by atoms with Gasteiger partial charge in [0.2, 0.25) is 0 Å². The van der Waals surface area contributed by atoms with E-state index in [0.717, 1.165) is 0 Å². The van der Waals surface area contributed by atoms with Gasteiger partial charge in [0.05, 0.1) is 0 Å². The van der Waals surface area contributed by atoms with Crippen molar-refractivity contribution in [2.45, 2.75) is 19.2 Å². The second-order valence-electron chi connectivity index (χ2n) is 2.54. The van der Waals surface area contributed by atoms with Gasteiger partial charge in [-0.15, -0.1) is 11.6 Å². The minimum absolute atomic E-state index is 0.0320. The van der Waals surface area contributed by atoms with E-state index in [1.807, 2.05) is 22.6 Å². The highest BCUT2D eigenvalue weighted by Gasteiger charge is 2.16. The molecule has 0 N–H and O–H groups in total. The van der Waals surface area contributed by atoms with Crippen LogP contribution in [0, 0.1) is 10.6 Å². The van der Waals surface area contributed by atoms with E-state index in [1.165, 1.54) is 0 Å². The summed E-state index contributed by atoms with van der Waals surface area (Å²) < 4.78 is 25.7. The van der Waals surface area contributed by atoms with Gasteiger partial charge in [-0.3, -0.25) is 0 Å². The van der Waals surface area contributed by atoms with Crippen molar-refractivity contribution in [2.75, 3.05) is 0 Å². The molecule has 0 spiro atoms. The molecule has 0 saturated heterocycles. The number of hydrogen-bond donors (Lipinski definition) is 0. The highest BCUT2D eigenvalue weighted by atomic mass is 127. The maximum atomic E-state index is 12.5. The lowest BCUT2D eigenvalue weighted by Gasteiger charge is -2.09. The quantitative estimate of drug-likeness (QED) is 0.461. The van der Waals surface area contributed by atoms with Gasteiger partial charge >= 0.3 is 0 Å². The molecule has 0 saturated carbocycles. The van der Waals surface area contributed by atoms with Crippen LogP contribution < -0.4 is 0 Å². The first-order valence-electron chi connectivity index (χ1n) is 3.56. The second-order valence-corrected chi connectivity index (χ2v) is 3.91. The van der Waals surface area contributed by atoms with Crippen LogP contribution in [0.3, 0.4) is 0 Å². The average Bonchev–Trinajstić information content (AvgIpc) is 2.01. The summed E-state index contributed by atoms with van der Waals surface area (Å²) in [5.41, 5.74) is 0.793. The Balaban J connectivity index is 3.30. The zero-order valence-electron chi connectivity index (χ0n) is 6.82. The van der Waals surface area contributed by atoms with E-state index in [9.17, 15) is 8.78 Å². The van der Waals surface area contributed by atoms with Gasteiger partial charge in [-0.05, 0) is 41.1 Å². The standard InChI is InChI=1S/C8H7ClF2IN/c1-4-7(8(10)11)5(3-9)2-6(12)13-4/h2,8H,3H2,1H3. The van der Waals surface area contributed by atoms with Crippen LogP contribution in [0.1, 0.15) is 23.2 Å². The van der Waals surface area contributed by atoms with E-state index in [1.54, 1.807) is 13.0 Å². The minimum Gasteiger partial charge on any atom is -0.247 e. The Hall–Kier alpha value is 0.0300. The Kier molecular flexibility index (Phi) is 3.85. The van der Waals surface area contributed by atoms with Gasteiger partial charge in [-0.2, -0.15) is 0 Å². The maximum Gasteiger partial charge on any atom is 0.265 e. The molecule has 5 heteroatoms. The van der Waals surface area contributed by atoms with Crippen LogP contribution in [-0.4, -0.2) is 4.98 Å². The van der Waals surface area contributed by atoms with Crippen molar-refractivity contribution in [3.8, 4) is 0 Å². The fourth-order valence-electron chi connectivity index (χ4n) is 1.12. The van der Waals surface area contributed by atoms with Crippen LogP contribution in [-0.2, 0) is 5.88 Å². The van der Waals surface area contributed by atoms with E-state index >= 15 is 0 Å². The fraction of sp³-hybridized carbons (Fsp3) is 0.375. The van der Waals surface area contributed by atoms with Gasteiger partial charge in [0.15, 0.2) is 0 Å². The summed E-state index contributed by atoms with van der Waals surface area (Å²) in [5.74, 6) is 0.0963. The van der Waals surface area contributed by atoms with Crippen molar-refractivity contribution in [1.82, 2.24) is 4.98 Å². The largest absolute Gasteiger partial charge is 0.265 e. The Bertz CT molecular complexity index is 317. The first-order valence-corrected chi connectivity index (χ1v) is 5.17. The van der Waals surface area contributed by atoms with E-state index < -0.39 is 6.43 Å². The minimum atomic E-state index is -2.50. The first-order chi connectivity index (χ1) is 6.06. The number of aromatic nitrogens is 1. The van der Waals surface area contributed by atoms with Crippen LogP contribution in [0.5, 0.6) is 0 Å². The summed E-state index contributed by atoms with van der Waals surface area (Å²) in [4.78, 5) is 3.95. The van der Waals surface area contributed by atoms with Gasteiger partial charge in [-0.25, -0.2) is 13.8 Å². The molecular weight excluding hydrogens is 310 g/mol. The molecule has 0 bridgehead atoms. The lowest BCUT2D eigenvalue weighted by Crippen LogP contribution is -2.00. The normalized spacial score (nSPS) is 10.9.